The number of alkyl halides is 1. The van der Waals surface area contributed by atoms with Crippen LogP contribution in [-0.4, -0.2) is 29.2 Å². The minimum absolute atomic E-state index is 0.110. The summed E-state index contributed by atoms with van der Waals surface area (Å²) >= 11 is 3.31. The minimum Gasteiger partial charge on any atom is -0.338 e. The number of hydrogen-bond acceptors (Lipinski definition) is 1. The summed E-state index contributed by atoms with van der Waals surface area (Å²) < 4.78 is 13.0. The molecule has 0 atom stereocenters. The molecule has 1 aromatic rings. The number of nitrogens with zero attached hydrogens (tertiary/aromatic N) is 1. The SMILES string of the molecule is CCCN(CCBr)C(=O)c1cccc(F)c1. The van der Waals surface area contributed by atoms with Gasteiger partial charge in [-0.2, -0.15) is 0 Å². The number of carbonyl (C=O) groups excluding carboxylic acids is 1. The van der Waals surface area contributed by atoms with Gasteiger partial charge in [-0.1, -0.05) is 28.9 Å². The molecular formula is C12H15BrFNO. The van der Waals surface area contributed by atoms with E-state index in [2.05, 4.69) is 15.9 Å². The molecule has 0 radical (unpaired) electrons. The summed E-state index contributed by atoms with van der Waals surface area (Å²) in [5, 5.41) is 0.730. The van der Waals surface area contributed by atoms with E-state index in [0.717, 1.165) is 11.8 Å². The first-order chi connectivity index (χ1) is 7.69. The van der Waals surface area contributed by atoms with E-state index in [0.29, 0.717) is 18.7 Å². The van der Waals surface area contributed by atoms with Gasteiger partial charge in [-0.05, 0) is 24.6 Å². The maximum absolute atomic E-state index is 13.0. The van der Waals surface area contributed by atoms with Crippen molar-refractivity contribution in [3.63, 3.8) is 0 Å². The Kier molecular flexibility index (Phi) is 5.46. The fourth-order valence-electron chi connectivity index (χ4n) is 1.49. The van der Waals surface area contributed by atoms with Crippen LogP contribution >= 0.6 is 15.9 Å². The van der Waals surface area contributed by atoms with E-state index in [9.17, 15) is 9.18 Å². The number of rotatable bonds is 5. The monoisotopic (exact) mass is 287 g/mol. The van der Waals surface area contributed by atoms with Crippen LogP contribution in [0.25, 0.3) is 0 Å². The Morgan fingerprint density at radius 2 is 2.19 bits per heavy atom. The summed E-state index contributed by atoms with van der Waals surface area (Å²) in [5.41, 5.74) is 0.411. The molecule has 0 fully saturated rings. The second-order valence-electron chi connectivity index (χ2n) is 3.49. The molecule has 88 valence electrons. The first-order valence-corrected chi connectivity index (χ1v) is 6.42. The zero-order valence-electron chi connectivity index (χ0n) is 9.25. The highest BCUT2D eigenvalue weighted by Gasteiger charge is 2.14. The molecule has 1 aromatic carbocycles. The molecule has 0 aliphatic rings. The van der Waals surface area contributed by atoms with E-state index in [1.807, 2.05) is 6.92 Å². The third kappa shape index (κ3) is 3.59. The number of amides is 1. The van der Waals surface area contributed by atoms with Crippen LogP contribution < -0.4 is 0 Å². The van der Waals surface area contributed by atoms with Crippen LogP contribution in [-0.2, 0) is 0 Å². The normalized spacial score (nSPS) is 10.2. The fourth-order valence-corrected chi connectivity index (χ4v) is 1.92. The second kappa shape index (κ2) is 6.63. The van der Waals surface area contributed by atoms with Crippen LogP contribution in [0.1, 0.15) is 23.7 Å². The molecule has 0 saturated carbocycles. The molecule has 0 aliphatic carbocycles. The minimum atomic E-state index is -0.374. The third-order valence-corrected chi connectivity index (χ3v) is 2.56. The quantitative estimate of drug-likeness (QED) is 0.762. The molecule has 1 rings (SSSR count). The first-order valence-electron chi connectivity index (χ1n) is 5.29. The van der Waals surface area contributed by atoms with Crippen LogP contribution in [0.4, 0.5) is 4.39 Å². The molecule has 16 heavy (non-hydrogen) atoms. The summed E-state index contributed by atoms with van der Waals surface area (Å²) in [6, 6.07) is 5.81. The van der Waals surface area contributed by atoms with Gasteiger partial charge in [0.15, 0.2) is 0 Å². The summed E-state index contributed by atoms with van der Waals surface area (Å²) in [6.07, 6.45) is 0.897. The lowest BCUT2D eigenvalue weighted by atomic mass is 10.2. The molecule has 0 unspecified atom stereocenters. The molecule has 1 amide bonds. The van der Waals surface area contributed by atoms with E-state index in [1.54, 1.807) is 17.0 Å². The van der Waals surface area contributed by atoms with Crippen LogP contribution in [0.3, 0.4) is 0 Å². The smallest absolute Gasteiger partial charge is 0.253 e. The standard InChI is InChI=1S/C12H15BrFNO/c1-2-7-15(8-6-13)12(16)10-4-3-5-11(14)9-10/h3-5,9H,2,6-8H2,1H3. The zero-order valence-corrected chi connectivity index (χ0v) is 10.8. The highest BCUT2D eigenvalue weighted by atomic mass is 79.9. The Labute approximate surface area is 104 Å². The van der Waals surface area contributed by atoms with Gasteiger partial charge in [0, 0.05) is 24.0 Å². The Balaban J connectivity index is 2.81. The molecule has 2 nitrogen and oxygen atoms in total. The van der Waals surface area contributed by atoms with Crippen molar-refractivity contribution < 1.29 is 9.18 Å². The lowest BCUT2D eigenvalue weighted by Crippen LogP contribution is -2.33. The van der Waals surface area contributed by atoms with Gasteiger partial charge in [0.1, 0.15) is 5.82 Å². The Bertz CT molecular complexity index is 351. The van der Waals surface area contributed by atoms with Gasteiger partial charge in [0.2, 0.25) is 0 Å². The molecule has 0 aromatic heterocycles. The Morgan fingerprint density at radius 1 is 1.44 bits per heavy atom. The second-order valence-corrected chi connectivity index (χ2v) is 4.28. The maximum Gasteiger partial charge on any atom is 0.253 e. The van der Waals surface area contributed by atoms with E-state index < -0.39 is 0 Å². The maximum atomic E-state index is 13.0. The van der Waals surface area contributed by atoms with Gasteiger partial charge in [0.25, 0.3) is 5.91 Å². The van der Waals surface area contributed by atoms with Crippen LogP contribution in [0, 0.1) is 5.82 Å². The fraction of sp³-hybridized carbons (Fsp3) is 0.417. The summed E-state index contributed by atoms with van der Waals surface area (Å²) in [6.45, 7) is 3.35. The molecule has 4 heteroatoms. The van der Waals surface area contributed by atoms with E-state index in [-0.39, 0.29) is 11.7 Å². The molecule has 0 aliphatic heterocycles. The highest BCUT2D eigenvalue weighted by Crippen LogP contribution is 2.08. The average Bonchev–Trinajstić information content (AvgIpc) is 2.28. The number of hydrogen-bond donors (Lipinski definition) is 0. The predicted molar refractivity (Wildman–Crippen MR) is 66.4 cm³/mol. The van der Waals surface area contributed by atoms with Gasteiger partial charge >= 0.3 is 0 Å². The average molecular weight is 288 g/mol. The van der Waals surface area contributed by atoms with Crippen molar-refractivity contribution in [3.05, 3.63) is 35.6 Å². The van der Waals surface area contributed by atoms with Crippen molar-refractivity contribution >= 4 is 21.8 Å². The first kappa shape index (κ1) is 13.2. The van der Waals surface area contributed by atoms with Crippen molar-refractivity contribution in [1.82, 2.24) is 4.90 Å². The van der Waals surface area contributed by atoms with Crippen LogP contribution in [0.5, 0.6) is 0 Å². The summed E-state index contributed by atoms with van der Waals surface area (Å²) in [5.74, 6) is -0.484. The lowest BCUT2D eigenvalue weighted by Gasteiger charge is -2.21. The number of halogens is 2. The van der Waals surface area contributed by atoms with Gasteiger partial charge in [0.05, 0.1) is 0 Å². The summed E-state index contributed by atoms with van der Waals surface area (Å²) in [7, 11) is 0. The molecule has 0 saturated heterocycles. The predicted octanol–water partition coefficient (Wildman–Crippen LogP) is 3.07. The van der Waals surface area contributed by atoms with Crippen molar-refractivity contribution in [1.29, 1.82) is 0 Å². The van der Waals surface area contributed by atoms with E-state index in [4.69, 9.17) is 0 Å². The molecule has 0 heterocycles. The third-order valence-electron chi connectivity index (χ3n) is 2.21. The van der Waals surface area contributed by atoms with Gasteiger partial charge in [-0.15, -0.1) is 0 Å². The topological polar surface area (TPSA) is 20.3 Å². The van der Waals surface area contributed by atoms with Gasteiger partial charge < -0.3 is 4.90 Å². The van der Waals surface area contributed by atoms with Crippen molar-refractivity contribution in [2.24, 2.45) is 0 Å². The molecular weight excluding hydrogens is 273 g/mol. The highest BCUT2D eigenvalue weighted by molar-refractivity contribution is 9.09. The number of carbonyl (C=O) groups is 1. The lowest BCUT2D eigenvalue weighted by molar-refractivity contribution is 0.0766. The van der Waals surface area contributed by atoms with Crippen molar-refractivity contribution in [2.75, 3.05) is 18.4 Å². The van der Waals surface area contributed by atoms with Gasteiger partial charge in [-0.25, -0.2) is 4.39 Å². The number of benzene rings is 1. The zero-order chi connectivity index (χ0) is 12.0. The molecule has 0 spiro atoms. The van der Waals surface area contributed by atoms with E-state index >= 15 is 0 Å². The Hall–Kier alpha value is -0.900. The van der Waals surface area contributed by atoms with E-state index in [1.165, 1.54) is 12.1 Å². The van der Waals surface area contributed by atoms with Crippen LogP contribution in [0.2, 0.25) is 0 Å². The summed E-state index contributed by atoms with van der Waals surface area (Å²) in [4.78, 5) is 13.7. The molecule has 0 N–H and O–H groups in total. The Morgan fingerprint density at radius 3 is 2.75 bits per heavy atom. The van der Waals surface area contributed by atoms with Gasteiger partial charge in [-0.3, -0.25) is 4.79 Å². The molecule has 0 bridgehead atoms. The van der Waals surface area contributed by atoms with Crippen LogP contribution in [0.15, 0.2) is 24.3 Å². The largest absolute Gasteiger partial charge is 0.338 e. The van der Waals surface area contributed by atoms with Crippen molar-refractivity contribution in [3.8, 4) is 0 Å². The van der Waals surface area contributed by atoms with Crippen molar-refractivity contribution in [2.45, 2.75) is 13.3 Å².